The van der Waals surface area contributed by atoms with Gasteiger partial charge in [-0.2, -0.15) is 0 Å². The Bertz CT molecular complexity index is 520. The second-order valence-electron chi connectivity index (χ2n) is 5.25. The van der Waals surface area contributed by atoms with E-state index in [2.05, 4.69) is 5.32 Å². The van der Waals surface area contributed by atoms with Crippen LogP contribution in [0.1, 0.15) is 45.7 Å². The average Bonchev–Trinajstić information content (AvgIpc) is 2.30. The summed E-state index contributed by atoms with van der Waals surface area (Å²) in [6.07, 6.45) is 0. The van der Waals surface area contributed by atoms with Gasteiger partial charge in [0.1, 0.15) is 0 Å². The fraction of sp³-hybridized carbons (Fsp3) is 0.429. The number of benzene rings is 1. The Morgan fingerprint density at radius 2 is 1.63 bits per heavy atom. The third-order valence-electron chi connectivity index (χ3n) is 2.91. The fourth-order valence-corrected chi connectivity index (χ4v) is 1.79. The van der Waals surface area contributed by atoms with Crippen molar-refractivity contribution < 1.29 is 19.8 Å². The minimum absolute atomic E-state index is 0.00578. The van der Waals surface area contributed by atoms with Crippen molar-refractivity contribution in [3.8, 4) is 0 Å². The molecular weight excluding hydrogens is 246 g/mol. The van der Waals surface area contributed by atoms with Crippen LogP contribution in [-0.4, -0.2) is 34.2 Å². The number of hydrogen-bond acceptors (Lipinski definition) is 3. The van der Waals surface area contributed by atoms with Gasteiger partial charge in [-0.3, -0.25) is 4.79 Å². The molecule has 0 spiro atoms. The molecule has 1 rings (SSSR count). The third kappa shape index (κ3) is 3.32. The van der Waals surface area contributed by atoms with Gasteiger partial charge in [-0.15, -0.1) is 0 Å². The molecule has 0 fully saturated rings. The molecule has 19 heavy (non-hydrogen) atoms. The molecule has 0 aliphatic rings. The van der Waals surface area contributed by atoms with E-state index in [0.29, 0.717) is 11.1 Å². The third-order valence-corrected chi connectivity index (χ3v) is 2.91. The highest BCUT2D eigenvalue weighted by atomic mass is 16.4. The first-order chi connectivity index (χ1) is 8.69. The number of nitrogens with one attached hydrogen (secondary N) is 1. The molecule has 0 saturated heterocycles. The Balaban J connectivity index is 3.30. The number of carbonyl (C=O) groups is 2. The van der Waals surface area contributed by atoms with Crippen molar-refractivity contribution in [3.05, 3.63) is 34.4 Å². The van der Waals surface area contributed by atoms with Crippen LogP contribution in [0.3, 0.4) is 0 Å². The summed E-state index contributed by atoms with van der Waals surface area (Å²) in [7, 11) is 0. The first kappa shape index (κ1) is 15.2. The topological polar surface area (TPSA) is 86.6 Å². The van der Waals surface area contributed by atoms with E-state index in [1.165, 1.54) is 0 Å². The van der Waals surface area contributed by atoms with E-state index < -0.39 is 17.4 Å². The molecule has 1 aromatic carbocycles. The number of carboxylic acid groups (broad SMARTS) is 1. The predicted octanol–water partition coefficient (Wildman–Crippen LogP) is 1.50. The van der Waals surface area contributed by atoms with Crippen LogP contribution in [0, 0.1) is 13.8 Å². The van der Waals surface area contributed by atoms with E-state index in [1.807, 2.05) is 0 Å². The standard InChI is InChI=1S/C14H19NO4/c1-8-5-6-9(2)11(13(18)19)10(8)12(17)15-14(3,4)7-16/h5-6,16H,7H2,1-4H3,(H,15,17)(H,18,19). The van der Waals surface area contributed by atoms with Crippen LogP contribution < -0.4 is 5.32 Å². The maximum atomic E-state index is 12.2. The number of aliphatic hydroxyl groups is 1. The minimum atomic E-state index is -1.13. The van der Waals surface area contributed by atoms with Crippen molar-refractivity contribution in [1.29, 1.82) is 0 Å². The molecule has 0 heterocycles. The number of aryl methyl sites for hydroxylation is 2. The van der Waals surface area contributed by atoms with Gasteiger partial charge in [0.25, 0.3) is 5.91 Å². The molecule has 0 bridgehead atoms. The zero-order valence-corrected chi connectivity index (χ0v) is 11.6. The number of rotatable bonds is 4. The van der Waals surface area contributed by atoms with Gasteiger partial charge in [-0.1, -0.05) is 12.1 Å². The SMILES string of the molecule is Cc1ccc(C)c(C(=O)NC(C)(C)CO)c1C(=O)O. The van der Waals surface area contributed by atoms with Gasteiger partial charge in [-0.25, -0.2) is 4.79 Å². The normalized spacial score (nSPS) is 11.2. The summed E-state index contributed by atoms with van der Waals surface area (Å²) in [6.45, 7) is 6.43. The summed E-state index contributed by atoms with van der Waals surface area (Å²) in [4.78, 5) is 23.5. The lowest BCUT2D eigenvalue weighted by molar-refractivity contribution is 0.0687. The molecule has 104 valence electrons. The summed E-state index contributed by atoms with van der Waals surface area (Å²) in [6, 6.07) is 3.38. The molecule has 1 amide bonds. The Morgan fingerprint density at radius 1 is 1.16 bits per heavy atom. The predicted molar refractivity (Wildman–Crippen MR) is 71.5 cm³/mol. The van der Waals surface area contributed by atoms with E-state index >= 15 is 0 Å². The molecule has 1 aromatic rings. The first-order valence-corrected chi connectivity index (χ1v) is 5.96. The summed E-state index contributed by atoms with van der Waals surface area (Å²) < 4.78 is 0. The maximum Gasteiger partial charge on any atom is 0.336 e. The second-order valence-corrected chi connectivity index (χ2v) is 5.25. The number of carboxylic acids is 1. The van der Waals surface area contributed by atoms with Gasteiger partial charge in [0.2, 0.25) is 0 Å². The molecule has 0 unspecified atom stereocenters. The molecule has 0 aliphatic heterocycles. The van der Waals surface area contributed by atoms with Crippen molar-refractivity contribution in [2.75, 3.05) is 6.61 Å². The lowest BCUT2D eigenvalue weighted by Crippen LogP contribution is -2.46. The molecule has 0 atom stereocenters. The number of hydrogen-bond donors (Lipinski definition) is 3. The van der Waals surface area contributed by atoms with Crippen molar-refractivity contribution >= 4 is 11.9 Å². The second kappa shape index (κ2) is 5.40. The van der Waals surface area contributed by atoms with Crippen LogP contribution in [0.4, 0.5) is 0 Å². The van der Waals surface area contributed by atoms with Crippen molar-refractivity contribution in [3.63, 3.8) is 0 Å². The first-order valence-electron chi connectivity index (χ1n) is 5.96. The summed E-state index contributed by atoms with van der Waals surface area (Å²) in [5.74, 6) is -1.62. The number of amides is 1. The van der Waals surface area contributed by atoms with Crippen LogP contribution in [0.5, 0.6) is 0 Å². The van der Waals surface area contributed by atoms with Gasteiger partial charge in [0.05, 0.1) is 23.3 Å². The largest absolute Gasteiger partial charge is 0.478 e. The van der Waals surface area contributed by atoms with Crippen LogP contribution in [0.2, 0.25) is 0 Å². The van der Waals surface area contributed by atoms with Gasteiger partial charge in [0, 0.05) is 0 Å². The zero-order valence-electron chi connectivity index (χ0n) is 11.6. The van der Waals surface area contributed by atoms with Gasteiger partial charge < -0.3 is 15.5 Å². The van der Waals surface area contributed by atoms with Crippen LogP contribution in [0.25, 0.3) is 0 Å². The smallest absolute Gasteiger partial charge is 0.336 e. The molecule has 5 heteroatoms. The van der Waals surface area contributed by atoms with E-state index in [0.717, 1.165) is 0 Å². The highest BCUT2D eigenvalue weighted by molar-refractivity contribution is 6.06. The monoisotopic (exact) mass is 265 g/mol. The van der Waals surface area contributed by atoms with Crippen molar-refractivity contribution in [1.82, 2.24) is 5.32 Å². The maximum absolute atomic E-state index is 12.2. The Labute approximate surface area is 112 Å². The van der Waals surface area contributed by atoms with Gasteiger partial charge in [0.15, 0.2) is 0 Å². The molecule has 3 N–H and O–H groups in total. The highest BCUT2D eigenvalue weighted by Gasteiger charge is 2.25. The fourth-order valence-electron chi connectivity index (χ4n) is 1.79. The van der Waals surface area contributed by atoms with Crippen LogP contribution in [0.15, 0.2) is 12.1 Å². The Kier molecular flexibility index (Phi) is 4.32. The Morgan fingerprint density at radius 3 is 2.05 bits per heavy atom. The van der Waals surface area contributed by atoms with Crippen LogP contribution >= 0.6 is 0 Å². The van der Waals surface area contributed by atoms with E-state index in [4.69, 9.17) is 5.11 Å². The van der Waals surface area contributed by atoms with Gasteiger partial charge in [-0.05, 0) is 38.8 Å². The lowest BCUT2D eigenvalue weighted by Gasteiger charge is -2.24. The average molecular weight is 265 g/mol. The number of aromatic carboxylic acids is 1. The minimum Gasteiger partial charge on any atom is -0.478 e. The summed E-state index contributed by atoms with van der Waals surface area (Å²) in [5, 5.41) is 21.0. The molecule has 0 aromatic heterocycles. The van der Waals surface area contributed by atoms with Crippen molar-refractivity contribution in [2.24, 2.45) is 0 Å². The number of carbonyl (C=O) groups excluding carboxylic acids is 1. The van der Waals surface area contributed by atoms with E-state index in [1.54, 1.807) is 39.8 Å². The van der Waals surface area contributed by atoms with E-state index in [-0.39, 0.29) is 17.7 Å². The Hall–Kier alpha value is -1.88. The molecular formula is C14H19NO4. The highest BCUT2D eigenvalue weighted by Crippen LogP contribution is 2.19. The summed E-state index contributed by atoms with van der Waals surface area (Å²) in [5.41, 5.74) is 0.475. The molecule has 0 radical (unpaired) electrons. The van der Waals surface area contributed by atoms with Gasteiger partial charge >= 0.3 is 5.97 Å². The zero-order chi connectivity index (χ0) is 14.8. The number of aliphatic hydroxyl groups excluding tert-OH is 1. The lowest BCUT2D eigenvalue weighted by atomic mass is 9.95. The molecule has 0 saturated carbocycles. The molecule has 5 nitrogen and oxygen atoms in total. The van der Waals surface area contributed by atoms with E-state index in [9.17, 15) is 14.7 Å². The van der Waals surface area contributed by atoms with Crippen molar-refractivity contribution in [2.45, 2.75) is 33.2 Å². The quantitative estimate of drug-likeness (QED) is 0.770. The molecule has 0 aliphatic carbocycles. The summed E-state index contributed by atoms with van der Waals surface area (Å²) >= 11 is 0. The van der Waals surface area contributed by atoms with Crippen LogP contribution in [-0.2, 0) is 0 Å².